The Labute approximate surface area is 241 Å². The Morgan fingerprint density at radius 3 is 2.74 bits per heavy atom. The second-order valence-electron chi connectivity index (χ2n) is 12.9. The van der Waals surface area contributed by atoms with Crippen LogP contribution in [0.15, 0.2) is 16.9 Å². The van der Waals surface area contributed by atoms with Crippen molar-refractivity contribution in [2.75, 3.05) is 0 Å². The van der Waals surface area contributed by atoms with E-state index in [-0.39, 0.29) is 66.0 Å². The van der Waals surface area contributed by atoms with E-state index in [4.69, 9.17) is 15.5 Å². The van der Waals surface area contributed by atoms with Gasteiger partial charge in [-0.3, -0.25) is 9.59 Å². The molecule has 0 radical (unpaired) electrons. The summed E-state index contributed by atoms with van der Waals surface area (Å²) >= 11 is 0. The molecule has 4 aliphatic carbocycles. The molecule has 2 aromatic heterocycles. The van der Waals surface area contributed by atoms with Gasteiger partial charge in [-0.2, -0.15) is 0 Å². The van der Waals surface area contributed by atoms with Crippen molar-refractivity contribution in [1.29, 1.82) is 0 Å². The number of cyclic esters (lactones) is 1. The third-order valence-corrected chi connectivity index (χ3v) is 10.9. The van der Waals surface area contributed by atoms with E-state index in [2.05, 4.69) is 5.32 Å². The predicted molar refractivity (Wildman–Crippen MR) is 151 cm³/mol. The second-order valence-corrected chi connectivity index (χ2v) is 12.9. The van der Waals surface area contributed by atoms with Crippen LogP contribution in [0.25, 0.3) is 22.3 Å². The molecule has 10 heteroatoms. The summed E-state index contributed by atoms with van der Waals surface area (Å²) in [7, 11) is 0. The maximum Gasteiger partial charge on any atom is 0.343 e. The third kappa shape index (κ3) is 3.30. The molecule has 1 aromatic carbocycles. The number of halogens is 1. The number of aromatic nitrogens is 2. The highest BCUT2D eigenvalue weighted by Gasteiger charge is 2.48. The molecule has 42 heavy (non-hydrogen) atoms. The number of fused-ring (bicyclic) bond motifs is 7. The minimum atomic E-state index is -1.94. The van der Waals surface area contributed by atoms with Crippen molar-refractivity contribution >= 4 is 22.8 Å². The molecule has 6 aliphatic rings. The van der Waals surface area contributed by atoms with Gasteiger partial charge >= 0.3 is 5.97 Å². The minimum absolute atomic E-state index is 0.00593. The van der Waals surface area contributed by atoms with Crippen LogP contribution in [0.5, 0.6) is 0 Å². The molecule has 2 bridgehead atoms. The normalized spacial score (nSPS) is 30.2. The molecule has 4 N–H and O–H groups in total. The number of amides is 1. The zero-order chi connectivity index (χ0) is 29.2. The molecule has 3 aromatic rings. The summed E-state index contributed by atoms with van der Waals surface area (Å²) in [6.07, 6.45) is 3.92. The number of aryl methyl sites for hydroxylation is 1. The number of hydrogen-bond acceptors (Lipinski definition) is 7. The average molecular weight is 573 g/mol. The Balaban J connectivity index is 1.30. The molecule has 9 rings (SSSR count). The van der Waals surface area contributed by atoms with E-state index in [1.807, 2.05) is 0 Å². The number of hydrogen-bond donors (Lipinski definition) is 3. The number of nitrogens with two attached hydrogens (primary N) is 1. The Kier molecular flexibility index (Phi) is 5.39. The van der Waals surface area contributed by atoms with Gasteiger partial charge in [0.25, 0.3) is 5.56 Å². The van der Waals surface area contributed by atoms with Crippen LogP contribution in [-0.2, 0) is 39.5 Å². The van der Waals surface area contributed by atoms with Crippen molar-refractivity contribution in [1.82, 2.24) is 14.9 Å². The minimum Gasteiger partial charge on any atom is -0.458 e. The van der Waals surface area contributed by atoms with Gasteiger partial charge in [0.05, 0.1) is 35.1 Å². The lowest BCUT2D eigenvalue weighted by atomic mass is 9.57. The number of rotatable bonds is 3. The SMILES string of the molecule is CC[C@@]1(O)C(=O)OCc2c1cc1n(c2=O)Cc2c-1nc1cc(F)c(C)c3c1c2[C@H](NC(=O)C1C[C@H](N)C2CC1C2)CC3. The van der Waals surface area contributed by atoms with E-state index in [1.165, 1.54) is 6.07 Å². The van der Waals surface area contributed by atoms with E-state index in [9.17, 15) is 19.5 Å². The fraction of sp³-hybridized carbons (Fsp3) is 0.500. The first-order valence-electron chi connectivity index (χ1n) is 15.0. The molecule has 0 saturated heterocycles. The lowest BCUT2D eigenvalue weighted by Gasteiger charge is -2.49. The van der Waals surface area contributed by atoms with Gasteiger partial charge < -0.3 is 25.5 Å². The molecule has 4 heterocycles. The first-order valence-corrected chi connectivity index (χ1v) is 15.0. The number of nitrogens with one attached hydrogen (secondary N) is 1. The van der Waals surface area contributed by atoms with Gasteiger partial charge in [0.2, 0.25) is 5.91 Å². The number of esters is 1. The molecule has 9 nitrogen and oxygen atoms in total. The molecule has 3 saturated carbocycles. The van der Waals surface area contributed by atoms with Crippen molar-refractivity contribution in [2.24, 2.45) is 23.5 Å². The smallest absolute Gasteiger partial charge is 0.343 e. The summed E-state index contributed by atoms with van der Waals surface area (Å²) in [5.74, 6) is -0.365. The van der Waals surface area contributed by atoms with E-state index < -0.39 is 11.6 Å². The summed E-state index contributed by atoms with van der Waals surface area (Å²) in [4.78, 5) is 45.0. The van der Waals surface area contributed by atoms with Crippen LogP contribution in [0.3, 0.4) is 0 Å². The lowest BCUT2D eigenvalue weighted by Crippen LogP contribution is -2.54. The molecule has 0 spiro atoms. The van der Waals surface area contributed by atoms with Crippen LogP contribution >= 0.6 is 0 Å². The standard InChI is InChI=1S/C32H33FN4O5/c1-3-32(41)20-9-25-28-18(11-37(25)30(39)19(20)12-42-31(32)40)27-23(36-29(38)17-8-22(34)15-6-14(17)7-15)5-4-16-13(2)21(33)10-24(35-28)26(16)27/h9-10,14-15,17,22-23,41H,3-8,11-12,34H2,1-2H3,(H,36,38)/t14?,15?,17?,22-,23+,32-/m0/s1. The quantitative estimate of drug-likeness (QED) is 0.321. The molecule has 3 fully saturated rings. The van der Waals surface area contributed by atoms with E-state index in [1.54, 1.807) is 24.5 Å². The summed E-state index contributed by atoms with van der Waals surface area (Å²) in [6, 6.07) is 2.80. The third-order valence-electron chi connectivity index (χ3n) is 10.9. The topological polar surface area (TPSA) is 137 Å². The highest BCUT2D eigenvalue weighted by atomic mass is 19.1. The van der Waals surface area contributed by atoms with E-state index >= 15 is 4.39 Å². The Morgan fingerprint density at radius 1 is 1.21 bits per heavy atom. The van der Waals surface area contributed by atoms with Gasteiger partial charge in [-0.05, 0) is 80.0 Å². The lowest BCUT2D eigenvalue weighted by molar-refractivity contribution is -0.172. The average Bonchev–Trinajstić information content (AvgIpc) is 3.32. The van der Waals surface area contributed by atoms with Crippen LogP contribution < -0.4 is 16.6 Å². The molecule has 1 amide bonds. The van der Waals surface area contributed by atoms with Gasteiger partial charge in [-0.1, -0.05) is 6.92 Å². The van der Waals surface area contributed by atoms with Crippen LogP contribution in [0, 0.1) is 30.5 Å². The molecular formula is C32H33FN4O5. The number of carbonyl (C=O) groups excluding carboxylic acids is 2. The predicted octanol–water partition coefficient (Wildman–Crippen LogP) is 3.00. The number of aliphatic hydroxyl groups is 1. The fourth-order valence-corrected chi connectivity index (χ4v) is 8.36. The van der Waals surface area contributed by atoms with Crippen molar-refractivity contribution in [3.8, 4) is 11.4 Å². The van der Waals surface area contributed by atoms with Gasteiger partial charge in [-0.25, -0.2) is 14.2 Å². The fourth-order valence-electron chi connectivity index (χ4n) is 8.36. The molecule has 2 aliphatic heterocycles. The largest absolute Gasteiger partial charge is 0.458 e. The van der Waals surface area contributed by atoms with Crippen molar-refractivity contribution < 1.29 is 23.8 Å². The highest BCUT2D eigenvalue weighted by molar-refractivity contribution is 5.94. The number of carbonyl (C=O) groups is 2. The molecule has 1 unspecified atom stereocenters. The first kappa shape index (κ1) is 26.0. The maximum atomic E-state index is 15.2. The van der Waals surface area contributed by atoms with Gasteiger partial charge in [-0.15, -0.1) is 0 Å². The van der Waals surface area contributed by atoms with Crippen molar-refractivity contribution in [2.45, 2.75) is 83.2 Å². The first-order chi connectivity index (χ1) is 20.1. The molecular weight excluding hydrogens is 539 g/mol. The highest BCUT2D eigenvalue weighted by Crippen LogP contribution is 2.50. The molecule has 4 atom stereocenters. The van der Waals surface area contributed by atoms with Crippen molar-refractivity contribution in [3.63, 3.8) is 0 Å². The Bertz CT molecular complexity index is 1810. The van der Waals surface area contributed by atoms with Gasteiger partial charge in [0.15, 0.2) is 5.60 Å². The van der Waals surface area contributed by atoms with Crippen molar-refractivity contribution in [3.05, 3.63) is 61.7 Å². The zero-order valence-corrected chi connectivity index (χ0v) is 23.6. The second kappa shape index (κ2) is 8.70. The number of ether oxygens (including phenoxy) is 1. The number of pyridine rings is 2. The summed E-state index contributed by atoms with van der Waals surface area (Å²) < 4.78 is 22.0. The van der Waals surface area contributed by atoms with Crippen LogP contribution in [0.1, 0.15) is 78.5 Å². The Morgan fingerprint density at radius 2 is 2.00 bits per heavy atom. The zero-order valence-electron chi connectivity index (χ0n) is 23.6. The van der Waals surface area contributed by atoms with Crippen LogP contribution in [-0.4, -0.2) is 32.6 Å². The van der Waals surface area contributed by atoms with Crippen LogP contribution in [0.4, 0.5) is 4.39 Å². The monoisotopic (exact) mass is 572 g/mol. The van der Waals surface area contributed by atoms with Gasteiger partial charge in [0.1, 0.15) is 12.4 Å². The number of benzene rings is 1. The Hall–Kier alpha value is -3.63. The van der Waals surface area contributed by atoms with Gasteiger partial charge in [0, 0.05) is 34.5 Å². The molecule has 218 valence electrons. The van der Waals surface area contributed by atoms with Crippen LogP contribution in [0.2, 0.25) is 0 Å². The summed E-state index contributed by atoms with van der Waals surface area (Å²) in [5, 5.41) is 15.4. The summed E-state index contributed by atoms with van der Waals surface area (Å²) in [6.45, 7) is 3.43. The summed E-state index contributed by atoms with van der Waals surface area (Å²) in [5.41, 5.74) is 9.09. The number of nitrogens with zero attached hydrogens (tertiary/aromatic N) is 2. The van der Waals surface area contributed by atoms with E-state index in [0.29, 0.717) is 53.6 Å². The maximum absolute atomic E-state index is 15.2. The van der Waals surface area contributed by atoms with E-state index in [0.717, 1.165) is 34.9 Å².